The molecule has 1 atom stereocenters. The summed E-state index contributed by atoms with van der Waals surface area (Å²) < 4.78 is 0. The second-order valence-electron chi connectivity index (χ2n) is 4.34. The molecule has 0 heterocycles. The molecule has 0 spiro atoms. The number of hydrogen-bond donors (Lipinski definition) is 0. The van der Waals surface area contributed by atoms with Gasteiger partial charge in [-0.1, -0.05) is 60.5 Å². The Balaban J connectivity index is 2.32. The molecule has 0 aromatic heterocycles. The third-order valence-electron chi connectivity index (χ3n) is 3.13. The molecule has 96 valence electrons. The Hall–Kier alpha value is -1.49. The van der Waals surface area contributed by atoms with E-state index in [2.05, 4.69) is 6.07 Å². The predicted molar refractivity (Wildman–Crippen MR) is 80.5 cm³/mol. The monoisotopic (exact) mass is 289 g/mol. The van der Waals surface area contributed by atoms with E-state index in [1.54, 1.807) is 6.07 Å². The summed E-state index contributed by atoms with van der Waals surface area (Å²) in [6, 6.07) is 15.9. The Morgan fingerprint density at radius 1 is 1.00 bits per heavy atom. The van der Waals surface area contributed by atoms with E-state index >= 15 is 0 Å². The normalized spacial score (nSPS) is 11.9. The minimum absolute atomic E-state index is 0.0390. The van der Waals surface area contributed by atoms with Gasteiger partial charge in [0.1, 0.15) is 0 Å². The van der Waals surface area contributed by atoms with E-state index in [1.165, 1.54) is 0 Å². The highest BCUT2D eigenvalue weighted by Gasteiger charge is 2.08. The van der Waals surface area contributed by atoms with Crippen LogP contribution in [0.25, 0.3) is 11.1 Å². The van der Waals surface area contributed by atoms with Crippen molar-refractivity contribution in [1.82, 2.24) is 0 Å². The van der Waals surface area contributed by atoms with Crippen molar-refractivity contribution in [3.05, 3.63) is 58.1 Å². The van der Waals surface area contributed by atoms with Crippen LogP contribution in [0.15, 0.2) is 42.5 Å². The van der Waals surface area contributed by atoms with E-state index in [1.807, 2.05) is 43.3 Å². The van der Waals surface area contributed by atoms with E-state index in [9.17, 15) is 0 Å². The molecule has 0 aliphatic rings. The zero-order valence-corrected chi connectivity index (χ0v) is 12.0. The van der Waals surface area contributed by atoms with Crippen molar-refractivity contribution >= 4 is 23.2 Å². The van der Waals surface area contributed by atoms with Gasteiger partial charge in [0.25, 0.3) is 0 Å². The highest BCUT2D eigenvalue weighted by Crippen LogP contribution is 2.29. The standard InChI is InChI=1S/C16H13Cl2N/c1-2-11(10-19)12-3-5-13(6-4-12)14-7-8-15(17)16(18)9-14/h3-9,11H,2H2,1H3. The summed E-state index contributed by atoms with van der Waals surface area (Å²) in [6.07, 6.45) is 0.822. The summed E-state index contributed by atoms with van der Waals surface area (Å²) >= 11 is 11.9. The highest BCUT2D eigenvalue weighted by molar-refractivity contribution is 6.42. The van der Waals surface area contributed by atoms with E-state index in [-0.39, 0.29) is 5.92 Å². The molecule has 0 fully saturated rings. The van der Waals surface area contributed by atoms with Gasteiger partial charge in [0.15, 0.2) is 0 Å². The van der Waals surface area contributed by atoms with Crippen LogP contribution in [0.1, 0.15) is 24.8 Å². The molecule has 2 aromatic rings. The molecule has 0 amide bonds. The van der Waals surface area contributed by atoms with Crippen molar-refractivity contribution < 1.29 is 0 Å². The van der Waals surface area contributed by atoms with Gasteiger partial charge in [0, 0.05) is 0 Å². The minimum atomic E-state index is -0.0390. The van der Waals surface area contributed by atoms with Crippen LogP contribution in [0.4, 0.5) is 0 Å². The zero-order valence-electron chi connectivity index (χ0n) is 10.5. The maximum Gasteiger partial charge on any atom is 0.0710 e. The SMILES string of the molecule is CCC(C#N)c1ccc(-c2ccc(Cl)c(Cl)c2)cc1. The third-order valence-corrected chi connectivity index (χ3v) is 3.87. The number of nitriles is 1. The second kappa shape index (κ2) is 6.10. The van der Waals surface area contributed by atoms with Crippen LogP contribution in [0.3, 0.4) is 0 Å². The van der Waals surface area contributed by atoms with Gasteiger partial charge < -0.3 is 0 Å². The first-order valence-electron chi connectivity index (χ1n) is 6.10. The lowest BCUT2D eigenvalue weighted by Gasteiger charge is -2.08. The first kappa shape index (κ1) is 13.9. The molecular weight excluding hydrogens is 277 g/mol. The maximum absolute atomic E-state index is 9.05. The van der Waals surface area contributed by atoms with E-state index in [0.717, 1.165) is 23.1 Å². The summed E-state index contributed by atoms with van der Waals surface area (Å²) in [6.45, 7) is 2.01. The van der Waals surface area contributed by atoms with Gasteiger partial charge in [-0.15, -0.1) is 0 Å². The van der Waals surface area contributed by atoms with Gasteiger partial charge >= 0.3 is 0 Å². The molecule has 1 nitrogen and oxygen atoms in total. The molecule has 3 heteroatoms. The van der Waals surface area contributed by atoms with Crippen molar-refractivity contribution in [1.29, 1.82) is 5.26 Å². The number of halogens is 2. The molecule has 0 aliphatic heterocycles. The van der Waals surface area contributed by atoms with Gasteiger partial charge in [-0.05, 0) is 35.2 Å². The van der Waals surface area contributed by atoms with Crippen LogP contribution in [-0.2, 0) is 0 Å². The predicted octanol–water partition coefficient (Wildman–Crippen LogP) is 5.68. The van der Waals surface area contributed by atoms with Gasteiger partial charge in [0.2, 0.25) is 0 Å². The quantitative estimate of drug-likeness (QED) is 0.713. The fourth-order valence-corrected chi connectivity index (χ4v) is 2.28. The number of benzene rings is 2. The Morgan fingerprint density at radius 3 is 2.16 bits per heavy atom. The average molecular weight is 290 g/mol. The lowest BCUT2D eigenvalue weighted by Crippen LogP contribution is -1.93. The first-order chi connectivity index (χ1) is 9.15. The van der Waals surface area contributed by atoms with Crippen LogP contribution in [0.5, 0.6) is 0 Å². The molecule has 0 bridgehead atoms. The molecule has 0 radical (unpaired) electrons. The Bertz CT molecular complexity index is 612. The number of nitrogens with zero attached hydrogens (tertiary/aromatic N) is 1. The van der Waals surface area contributed by atoms with Crippen LogP contribution >= 0.6 is 23.2 Å². The lowest BCUT2D eigenvalue weighted by molar-refractivity contribution is 0.818. The number of rotatable bonds is 3. The van der Waals surface area contributed by atoms with E-state index in [4.69, 9.17) is 28.5 Å². The van der Waals surface area contributed by atoms with Crippen LogP contribution in [0.2, 0.25) is 10.0 Å². The van der Waals surface area contributed by atoms with Gasteiger partial charge in [-0.25, -0.2) is 0 Å². The summed E-state index contributed by atoms with van der Waals surface area (Å²) in [5, 5.41) is 10.2. The third kappa shape index (κ3) is 3.10. The molecule has 0 saturated carbocycles. The fourth-order valence-electron chi connectivity index (χ4n) is 1.99. The molecule has 2 rings (SSSR count). The van der Waals surface area contributed by atoms with Gasteiger partial charge in [-0.3, -0.25) is 0 Å². The molecule has 19 heavy (non-hydrogen) atoms. The molecule has 0 saturated heterocycles. The summed E-state index contributed by atoms with van der Waals surface area (Å²) in [5.41, 5.74) is 3.13. The van der Waals surface area contributed by atoms with Crippen LogP contribution in [0, 0.1) is 11.3 Å². The van der Waals surface area contributed by atoms with Crippen LogP contribution in [-0.4, -0.2) is 0 Å². The Labute approximate surface area is 123 Å². The Kier molecular flexibility index (Phi) is 4.47. The topological polar surface area (TPSA) is 23.8 Å². The van der Waals surface area contributed by atoms with E-state index in [0.29, 0.717) is 10.0 Å². The molecular formula is C16H13Cl2N. The second-order valence-corrected chi connectivity index (χ2v) is 5.16. The van der Waals surface area contributed by atoms with E-state index < -0.39 is 0 Å². The van der Waals surface area contributed by atoms with Gasteiger partial charge in [-0.2, -0.15) is 5.26 Å². The van der Waals surface area contributed by atoms with Crippen molar-refractivity contribution in [2.75, 3.05) is 0 Å². The zero-order chi connectivity index (χ0) is 13.8. The first-order valence-corrected chi connectivity index (χ1v) is 6.86. The molecule has 1 unspecified atom stereocenters. The molecule has 0 aliphatic carbocycles. The Morgan fingerprint density at radius 2 is 1.63 bits per heavy atom. The molecule has 0 N–H and O–H groups in total. The summed E-state index contributed by atoms with van der Waals surface area (Å²) in [7, 11) is 0. The largest absolute Gasteiger partial charge is 0.198 e. The van der Waals surface area contributed by atoms with Crippen molar-refractivity contribution in [2.24, 2.45) is 0 Å². The summed E-state index contributed by atoms with van der Waals surface area (Å²) in [5.74, 6) is -0.0390. The lowest BCUT2D eigenvalue weighted by atomic mass is 9.95. The number of hydrogen-bond acceptors (Lipinski definition) is 1. The molecule has 2 aromatic carbocycles. The highest BCUT2D eigenvalue weighted by atomic mass is 35.5. The smallest absolute Gasteiger partial charge is 0.0710 e. The minimum Gasteiger partial charge on any atom is -0.198 e. The van der Waals surface area contributed by atoms with Gasteiger partial charge in [0.05, 0.1) is 22.0 Å². The van der Waals surface area contributed by atoms with Crippen molar-refractivity contribution in [2.45, 2.75) is 19.3 Å². The maximum atomic E-state index is 9.05. The fraction of sp³-hybridized carbons (Fsp3) is 0.188. The average Bonchev–Trinajstić information content (AvgIpc) is 2.44. The van der Waals surface area contributed by atoms with Crippen molar-refractivity contribution in [3.8, 4) is 17.2 Å². The summed E-state index contributed by atoms with van der Waals surface area (Å²) in [4.78, 5) is 0. The van der Waals surface area contributed by atoms with Crippen LogP contribution < -0.4 is 0 Å². The van der Waals surface area contributed by atoms with Crippen molar-refractivity contribution in [3.63, 3.8) is 0 Å².